The fourth-order valence-corrected chi connectivity index (χ4v) is 4.07. The van der Waals surface area contributed by atoms with Crippen molar-refractivity contribution < 1.29 is 19.1 Å². The van der Waals surface area contributed by atoms with Gasteiger partial charge in [-0.2, -0.15) is 0 Å². The third-order valence-corrected chi connectivity index (χ3v) is 6.00. The number of piperidine rings is 1. The van der Waals surface area contributed by atoms with Gasteiger partial charge in [0.2, 0.25) is 0 Å². The standard InChI is InChI=1S/C21H23NO4/c1-2-14-3-5-15(6-4-14)17-7-8-18(26-17)19(23)22-11-9-21(10-12-22)13-16(21)20(24)25/h3-8,16H,2,9-13H2,1H3,(H,24,25). The predicted molar refractivity (Wildman–Crippen MR) is 96.8 cm³/mol. The summed E-state index contributed by atoms with van der Waals surface area (Å²) < 4.78 is 5.80. The molecule has 2 aromatic rings. The summed E-state index contributed by atoms with van der Waals surface area (Å²) in [6.45, 7) is 3.31. The van der Waals surface area contributed by atoms with E-state index in [4.69, 9.17) is 4.42 Å². The molecule has 1 saturated heterocycles. The largest absolute Gasteiger partial charge is 0.481 e. The van der Waals surface area contributed by atoms with Crippen LogP contribution in [0.5, 0.6) is 0 Å². The summed E-state index contributed by atoms with van der Waals surface area (Å²) in [7, 11) is 0. The zero-order valence-electron chi connectivity index (χ0n) is 14.9. The molecule has 1 spiro atoms. The number of aryl methyl sites for hydroxylation is 1. The van der Waals surface area contributed by atoms with E-state index in [1.807, 2.05) is 18.2 Å². The molecule has 5 heteroatoms. The van der Waals surface area contributed by atoms with Crippen molar-refractivity contribution in [1.82, 2.24) is 4.90 Å². The molecule has 2 fully saturated rings. The number of carbonyl (C=O) groups is 2. The lowest BCUT2D eigenvalue weighted by atomic mass is 9.90. The second-order valence-electron chi connectivity index (χ2n) is 7.46. The molecule has 0 bridgehead atoms. The maximum Gasteiger partial charge on any atom is 0.307 e. The molecule has 1 N–H and O–H groups in total. The molecule has 2 aliphatic rings. The van der Waals surface area contributed by atoms with E-state index in [9.17, 15) is 14.7 Å². The van der Waals surface area contributed by atoms with Crippen molar-refractivity contribution in [2.45, 2.75) is 32.6 Å². The van der Waals surface area contributed by atoms with E-state index < -0.39 is 5.97 Å². The lowest BCUT2D eigenvalue weighted by Crippen LogP contribution is -2.39. The Labute approximate surface area is 152 Å². The molecule has 1 aliphatic heterocycles. The minimum atomic E-state index is -0.699. The van der Waals surface area contributed by atoms with Crippen molar-refractivity contribution in [3.05, 3.63) is 47.7 Å². The Kier molecular flexibility index (Phi) is 4.10. The number of furan rings is 1. The third kappa shape index (κ3) is 2.91. The average Bonchev–Trinajstić information content (AvgIpc) is 3.15. The van der Waals surface area contributed by atoms with Crippen molar-refractivity contribution in [3.8, 4) is 11.3 Å². The van der Waals surface area contributed by atoms with Gasteiger partial charge in [0.05, 0.1) is 5.92 Å². The summed E-state index contributed by atoms with van der Waals surface area (Å²) in [4.78, 5) is 25.6. The van der Waals surface area contributed by atoms with E-state index >= 15 is 0 Å². The molecule has 1 saturated carbocycles. The Morgan fingerprint density at radius 1 is 1.15 bits per heavy atom. The second-order valence-corrected chi connectivity index (χ2v) is 7.46. The van der Waals surface area contributed by atoms with Gasteiger partial charge in [0.15, 0.2) is 5.76 Å². The number of carbonyl (C=O) groups excluding carboxylic acids is 1. The Balaban J connectivity index is 1.41. The first-order chi connectivity index (χ1) is 12.5. The van der Waals surface area contributed by atoms with Crippen molar-refractivity contribution >= 4 is 11.9 Å². The van der Waals surface area contributed by atoms with Gasteiger partial charge in [-0.1, -0.05) is 31.2 Å². The van der Waals surface area contributed by atoms with Crippen molar-refractivity contribution in [2.75, 3.05) is 13.1 Å². The van der Waals surface area contributed by atoms with Crippen LogP contribution in [-0.4, -0.2) is 35.0 Å². The van der Waals surface area contributed by atoms with Gasteiger partial charge in [0.25, 0.3) is 5.91 Å². The number of carboxylic acids is 1. The number of amides is 1. The highest BCUT2D eigenvalue weighted by atomic mass is 16.4. The molecular weight excluding hydrogens is 330 g/mol. The molecule has 2 heterocycles. The van der Waals surface area contributed by atoms with Crippen molar-refractivity contribution in [1.29, 1.82) is 0 Å². The van der Waals surface area contributed by atoms with Crippen molar-refractivity contribution in [2.24, 2.45) is 11.3 Å². The van der Waals surface area contributed by atoms with E-state index in [1.165, 1.54) is 5.56 Å². The third-order valence-electron chi connectivity index (χ3n) is 6.00. The van der Waals surface area contributed by atoms with Crippen LogP contribution in [0.2, 0.25) is 0 Å². The van der Waals surface area contributed by atoms with Crippen LogP contribution in [0.4, 0.5) is 0 Å². The van der Waals surface area contributed by atoms with Gasteiger partial charge in [0, 0.05) is 18.7 Å². The van der Waals surface area contributed by atoms with Gasteiger partial charge >= 0.3 is 5.97 Å². The molecular formula is C21H23NO4. The van der Waals surface area contributed by atoms with Crippen LogP contribution in [0.3, 0.4) is 0 Å². The topological polar surface area (TPSA) is 70.8 Å². The minimum absolute atomic E-state index is 0.0715. The molecule has 1 aromatic heterocycles. The Morgan fingerprint density at radius 2 is 1.85 bits per heavy atom. The number of nitrogens with zero attached hydrogens (tertiary/aromatic N) is 1. The highest BCUT2D eigenvalue weighted by Gasteiger charge is 2.59. The number of hydrogen-bond donors (Lipinski definition) is 1. The van der Waals surface area contributed by atoms with Crippen LogP contribution < -0.4 is 0 Å². The van der Waals surface area contributed by atoms with E-state index in [0.29, 0.717) is 24.6 Å². The fraction of sp³-hybridized carbons (Fsp3) is 0.429. The summed E-state index contributed by atoms with van der Waals surface area (Å²) in [6, 6.07) is 11.7. The van der Waals surface area contributed by atoms with Gasteiger partial charge < -0.3 is 14.4 Å². The minimum Gasteiger partial charge on any atom is -0.481 e. The van der Waals surface area contributed by atoms with E-state index in [-0.39, 0.29) is 17.2 Å². The predicted octanol–water partition coefficient (Wildman–Crippen LogP) is 3.84. The molecule has 26 heavy (non-hydrogen) atoms. The first-order valence-electron chi connectivity index (χ1n) is 9.24. The van der Waals surface area contributed by atoms with E-state index in [1.54, 1.807) is 11.0 Å². The summed E-state index contributed by atoms with van der Waals surface area (Å²) >= 11 is 0. The normalized spacial score (nSPS) is 21.0. The van der Waals surface area contributed by atoms with Crippen LogP contribution in [0.1, 0.15) is 42.3 Å². The molecule has 1 aromatic carbocycles. The van der Waals surface area contributed by atoms with Gasteiger partial charge in [-0.3, -0.25) is 9.59 Å². The fourth-order valence-electron chi connectivity index (χ4n) is 4.07. The Bertz CT molecular complexity index is 828. The molecule has 1 atom stereocenters. The summed E-state index contributed by atoms with van der Waals surface area (Å²) in [5, 5.41) is 9.17. The molecule has 4 rings (SSSR count). The van der Waals surface area contributed by atoms with Crippen LogP contribution >= 0.6 is 0 Å². The molecule has 1 aliphatic carbocycles. The SMILES string of the molecule is CCc1ccc(-c2ccc(C(=O)N3CCC4(CC3)CC4C(=O)O)o2)cc1. The number of aliphatic carboxylic acids is 1. The van der Waals surface area contributed by atoms with Crippen molar-refractivity contribution in [3.63, 3.8) is 0 Å². The number of likely N-dealkylation sites (tertiary alicyclic amines) is 1. The highest BCUT2D eigenvalue weighted by Crippen LogP contribution is 2.59. The Hall–Kier alpha value is -2.56. The number of benzene rings is 1. The van der Waals surface area contributed by atoms with Crippen LogP contribution in [0.15, 0.2) is 40.8 Å². The second kappa shape index (κ2) is 6.31. The lowest BCUT2D eigenvalue weighted by molar-refractivity contribution is -0.139. The lowest BCUT2D eigenvalue weighted by Gasteiger charge is -2.32. The number of rotatable bonds is 4. The smallest absolute Gasteiger partial charge is 0.307 e. The summed E-state index contributed by atoms with van der Waals surface area (Å²) in [5.74, 6) is 0.0122. The summed E-state index contributed by atoms with van der Waals surface area (Å²) in [5.41, 5.74) is 2.15. The average molecular weight is 353 g/mol. The van der Waals surface area contributed by atoms with Crippen LogP contribution in [0, 0.1) is 11.3 Å². The van der Waals surface area contributed by atoms with Gasteiger partial charge in [-0.25, -0.2) is 0 Å². The maximum absolute atomic E-state index is 12.7. The van der Waals surface area contributed by atoms with E-state index in [0.717, 1.165) is 31.2 Å². The molecule has 0 radical (unpaired) electrons. The zero-order valence-corrected chi connectivity index (χ0v) is 14.9. The highest BCUT2D eigenvalue weighted by molar-refractivity contribution is 5.92. The first-order valence-corrected chi connectivity index (χ1v) is 9.24. The van der Waals surface area contributed by atoms with Gasteiger partial charge in [-0.15, -0.1) is 0 Å². The maximum atomic E-state index is 12.7. The van der Waals surface area contributed by atoms with Crippen LogP contribution in [0.25, 0.3) is 11.3 Å². The van der Waals surface area contributed by atoms with Crippen LogP contribution in [-0.2, 0) is 11.2 Å². The first kappa shape index (κ1) is 16.9. The zero-order chi connectivity index (χ0) is 18.3. The number of carboxylic acid groups (broad SMARTS) is 1. The monoisotopic (exact) mass is 353 g/mol. The van der Waals surface area contributed by atoms with Gasteiger partial charge in [0.1, 0.15) is 5.76 Å². The van der Waals surface area contributed by atoms with Gasteiger partial charge in [-0.05, 0) is 48.8 Å². The number of hydrogen-bond acceptors (Lipinski definition) is 3. The van der Waals surface area contributed by atoms with E-state index in [2.05, 4.69) is 19.1 Å². The molecule has 5 nitrogen and oxygen atoms in total. The molecule has 1 amide bonds. The summed E-state index contributed by atoms with van der Waals surface area (Å²) in [6.07, 6.45) is 3.27. The Morgan fingerprint density at radius 3 is 2.42 bits per heavy atom. The quantitative estimate of drug-likeness (QED) is 0.907. The molecule has 1 unspecified atom stereocenters. The molecule has 136 valence electrons.